The molecule has 19 heavy (non-hydrogen) atoms. The van der Waals surface area contributed by atoms with Crippen molar-refractivity contribution in [3.63, 3.8) is 0 Å². The van der Waals surface area contributed by atoms with Gasteiger partial charge in [0.15, 0.2) is 0 Å². The van der Waals surface area contributed by atoms with Crippen molar-refractivity contribution in [2.24, 2.45) is 0 Å². The molecule has 4 nitrogen and oxygen atoms in total. The number of hydrogen-bond donors (Lipinski definition) is 2. The molecule has 1 heterocycles. The summed E-state index contributed by atoms with van der Waals surface area (Å²) in [5.41, 5.74) is 2.13. The minimum atomic E-state index is -0.235. The van der Waals surface area contributed by atoms with Crippen LogP contribution in [0.15, 0.2) is 54.7 Å². The number of carbonyl (C=O) groups is 1. The van der Waals surface area contributed by atoms with Crippen molar-refractivity contribution in [2.45, 2.75) is 6.61 Å². The number of pyridine rings is 1. The Morgan fingerprint density at radius 3 is 2.89 bits per heavy atom. The normalized spacial score (nSPS) is 10.6. The van der Waals surface area contributed by atoms with Crippen LogP contribution in [0.5, 0.6) is 0 Å². The smallest absolute Gasteiger partial charge is 0.248 e. The summed E-state index contributed by atoms with van der Waals surface area (Å²) in [6.07, 6.45) is 4.74. The topological polar surface area (TPSA) is 62.2 Å². The third-order valence-electron chi connectivity index (χ3n) is 2.47. The second kappa shape index (κ2) is 6.47. The van der Waals surface area contributed by atoms with E-state index in [1.165, 1.54) is 6.08 Å². The second-order valence-corrected chi connectivity index (χ2v) is 3.94. The maximum absolute atomic E-state index is 11.7. The third kappa shape index (κ3) is 4.04. The molecular weight excluding hydrogens is 240 g/mol. The van der Waals surface area contributed by atoms with Crippen molar-refractivity contribution in [1.29, 1.82) is 0 Å². The average Bonchev–Trinajstić information content (AvgIpc) is 2.46. The molecule has 1 aromatic carbocycles. The quantitative estimate of drug-likeness (QED) is 0.822. The summed E-state index contributed by atoms with van der Waals surface area (Å²) in [7, 11) is 0. The lowest BCUT2D eigenvalue weighted by molar-refractivity contribution is -0.111. The van der Waals surface area contributed by atoms with Gasteiger partial charge in [-0.3, -0.25) is 9.78 Å². The first kappa shape index (κ1) is 13.0. The standard InChI is InChI=1S/C15H14N2O2/c18-11-12-4-3-6-14(10-12)17-15(19)8-7-13-5-1-2-9-16-13/h1-10,18H,11H2,(H,17,19)/b8-7+. The Morgan fingerprint density at radius 2 is 2.16 bits per heavy atom. The first-order valence-electron chi connectivity index (χ1n) is 5.88. The van der Waals surface area contributed by atoms with E-state index < -0.39 is 0 Å². The second-order valence-electron chi connectivity index (χ2n) is 3.94. The third-order valence-corrected chi connectivity index (χ3v) is 2.47. The summed E-state index contributed by atoms with van der Waals surface area (Å²) in [5.74, 6) is -0.235. The van der Waals surface area contributed by atoms with Gasteiger partial charge in [-0.05, 0) is 35.9 Å². The Bertz CT molecular complexity index is 580. The van der Waals surface area contributed by atoms with Gasteiger partial charge in [-0.1, -0.05) is 18.2 Å². The molecule has 0 radical (unpaired) electrons. The molecule has 0 unspecified atom stereocenters. The van der Waals surface area contributed by atoms with Gasteiger partial charge in [0, 0.05) is 18.0 Å². The Labute approximate surface area is 111 Å². The maximum atomic E-state index is 11.7. The van der Waals surface area contributed by atoms with Crippen LogP contribution in [0.2, 0.25) is 0 Å². The molecule has 0 fully saturated rings. The highest BCUT2D eigenvalue weighted by Crippen LogP contribution is 2.10. The largest absolute Gasteiger partial charge is 0.392 e. The van der Waals surface area contributed by atoms with Crippen molar-refractivity contribution in [1.82, 2.24) is 4.98 Å². The predicted molar refractivity (Wildman–Crippen MR) is 74.3 cm³/mol. The zero-order valence-corrected chi connectivity index (χ0v) is 10.3. The molecule has 0 saturated carbocycles. The summed E-state index contributed by atoms with van der Waals surface area (Å²) in [6.45, 7) is -0.0481. The fourth-order valence-electron chi connectivity index (χ4n) is 1.57. The molecule has 1 aromatic heterocycles. The highest BCUT2D eigenvalue weighted by molar-refractivity contribution is 6.01. The van der Waals surface area contributed by atoms with E-state index in [9.17, 15) is 4.79 Å². The van der Waals surface area contributed by atoms with Gasteiger partial charge in [0.1, 0.15) is 0 Å². The number of aliphatic hydroxyl groups is 1. The molecule has 2 aromatic rings. The minimum Gasteiger partial charge on any atom is -0.392 e. The number of nitrogens with zero attached hydrogens (tertiary/aromatic N) is 1. The summed E-state index contributed by atoms with van der Waals surface area (Å²) >= 11 is 0. The van der Waals surface area contributed by atoms with Gasteiger partial charge >= 0.3 is 0 Å². The van der Waals surface area contributed by atoms with Gasteiger partial charge in [0.05, 0.1) is 12.3 Å². The van der Waals surface area contributed by atoms with Gasteiger partial charge in [0.25, 0.3) is 0 Å². The number of benzene rings is 1. The number of nitrogens with one attached hydrogen (secondary N) is 1. The fraction of sp³-hybridized carbons (Fsp3) is 0.0667. The molecule has 0 aliphatic heterocycles. The van der Waals surface area contributed by atoms with Gasteiger partial charge in [-0.25, -0.2) is 0 Å². The van der Waals surface area contributed by atoms with Crippen LogP contribution >= 0.6 is 0 Å². The Balaban J connectivity index is 1.99. The molecule has 2 N–H and O–H groups in total. The summed E-state index contributed by atoms with van der Waals surface area (Å²) in [5, 5.41) is 11.7. The zero-order valence-electron chi connectivity index (χ0n) is 10.3. The van der Waals surface area contributed by atoms with E-state index in [1.54, 1.807) is 36.5 Å². The molecule has 0 saturated heterocycles. The lowest BCUT2D eigenvalue weighted by atomic mass is 10.2. The van der Waals surface area contributed by atoms with E-state index in [-0.39, 0.29) is 12.5 Å². The van der Waals surface area contributed by atoms with E-state index in [1.807, 2.05) is 18.2 Å². The summed E-state index contributed by atoms with van der Waals surface area (Å²) < 4.78 is 0. The van der Waals surface area contributed by atoms with Crippen LogP contribution < -0.4 is 5.32 Å². The molecule has 0 bridgehead atoms. The van der Waals surface area contributed by atoms with Crippen molar-refractivity contribution in [3.05, 3.63) is 66.0 Å². The SMILES string of the molecule is O=C(/C=C/c1ccccn1)Nc1cccc(CO)c1. The van der Waals surface area contributed by atoms with Crippen molar-refractivity contribution in [2.75, 3.05) is 5.32 Å². The highest BCUT2D eigenvalue weighted by atomic mass is 16.3. The first-order valence-corrected chi connectivity index (χ1v) is 5.88. The molecule has 2 rings (SSSR count). The van der Waals surface area contributed by atoms with Crippen LogP contribution in [0, 0.1) is 0 Å². The van der Waals surface area contributed by atoms with Gasteiger partial charge in [-0.15, -0.1) is 0 Å². The molecule has 96 valence electrons. The molecule has 1 amide bonds. The molecule has 4 heteroatoms. The van der Waals surface area contributed by atoms with Crippen LogP contribution in [-0.4, -0.2) is 16.0 Å². The Hall–Kier alpha value is -2.46. The Kier molecular flexibility index (Phi) is 4.42. The van der Waals surface area contributed by atoms with Gasteiger partial charge < -0.3 is 10.4 Å². The molecular formula is C15H14N2O2. The Morgan fingerprint density at radius 1 is 1.26 bits per heavy atom. The van der Waals surface area contributed by atoms with Crippen LogP contribution in [0.25, 0.3) is 6.08 Å². The van der Waals surface area contributed by atoms with E-state index in [2.05, 4.69) is 10.3 Å². The van der Waals surface area contributed by atoms with Crippen molar-refractivity contribution in [3.8, 4) is 0 Å². The number of amides is 1. The zero-order chi connectivity index (χ0) is 13.5. The number of aliphatic hydroxyl groups excluding tert-OH is 1. The average molecular weight is 254 g/mol. The number of carbonyl (C=O) groups excluding carboxylic acids is 1. The van der Waals surface area contributed by atoms with E-state index in [0.29, 0.717) is 5.69 Å². The molecule has 0 aliphatic rings. The van der Waals surface area contributed by atoms with E-state index >= 15 is 0 Å². The summed E-state index contributed by atoms with van der Waals surface area (Å²) in [6, 6.07) is 12.6. The van der Waals surface area contributed by atoms with Crippen LogP contribution in [0.3, 0.4) is 0 Å². The maximum Gasteiger partial charge on any atom is 0.248 e. The highest BCUT2D eigenvalue weighted by Gasteiger charge is 1.99. The van der Waals surface area contributed by atoms with E-state index in [4.69, 9.17) is 5.11 Å². The number of anilines is 1. The molecule has 0 aliphatic carbocycles. The minimum absolute atomic E-state index is 0.0481. The van der Waals surface area contributed by atoms with Crippen molar-refractivity contribution < 1.29 is 9.90 Å². The van der Waals surface area contributed by atoms with Crippen LogP contribution in [0.4, 0.5) is 5.69 Å². The molecule has 0 spiro atoms. The van der Waals surface area contributed by atoms with Crippen molar-refractivity contribution >= 4 is 17.7 Å². The van der Waals surface area contributed by atoms with Crippen LogP contribution in [-0.2, 0) is 11.4 Å². The number of rotatable bonds is 4. The number of hydrogen-bond acceptors (Lipinski definition) is 3. The predicted octanol–water partition coefficient (Wildman–Crippen LogP) is 2.23. The van der Waals surface area contributed by atoms with Gasteiger partial charge in [-0.2, -0.15) is 0 Å². The molecule has 0 atom stereocenters. The number of aromatic nitrogens is 1. The van der Waals surface area contributed by atoms with E-state index in [0.717, 1.165) is 11.3 Å². The van der Waals surface area contributed by atoms with Crippen LogP contribution in [0.1, 0.15) is 11.3 Å². The monoisotopic (exact) mass is 254 g/mol. The lowest BCUT2D eigenvalue weighted by Gasteiger charge is -2.03. The fourth-order valence-corrected chi connectivity index (χ4v) is 1.57. The van der Waals surface area contributed by atoms with Gasteiger partial charge in [0.2, 0.25) is 5.91 Å². The lowest BCUT2D eigenvalue weighted by Crippen LogP contribution is -2.07. The summed E-state index contributed by atoms with van der Waals surface area (Å²) in [4.78, 5) is 15.8. The first-order chi connectivity index (χ1) is 9.28.